The molecule has 2 amide bonds. The number of aryl methyl sites for hydroxylation is 1. The number of rotatable bonds is 2. The topological polar surface area (TPSA) is 41.6 Å². The van der Waals surface area contributed by atoms with Gasteiger partial charge in [0.1, 0.15) is 0 Å². The second kappa shape index (κ2) is 5.19. The zero-order valence-electron chi connectivity index (χ0n) is 10.3. The molecule has 1 N–H and O–H groups in total. The summed E-state index contributed by atoms with van der Waals surface area (Å²) in [7, 11) is 1.77. The van der Waals surface area contributed by atoms with E-state index >= 15 is 0 Å². The molecule has 17 heavy (non-hydrogen) atoms. The lowest BCUT2D eigenvalue weighted by Crippen LogP contribution is -2.43. The summed E-state index contributed by atoms with van der Waals surface area (Å²) in [5.41, 5.74) is 2.08. The Balaban J connectivity index is 1.96. The molecular formula is C13H18N2O2. The molecule has 1 heterocycles. The van der Waals surface area contributed by atoms with Crippen LogP contribution in [0.1, 0.15) is 12.0 Å². The highest BCUT2D eigenvalue weighted by molar-refractivity contribution is 5.91. The summed E-state index contributed by atoms with van der Waals surface area (Å²) in [6.07, 6.45) is 0.896. The molecule has 0 aromatic heterocycles. The average molecular weight is 234 g/mol. The van der Waals surface area contributed by atoms with Gasteiger partial charge in [0.25, 0.3) is 0 Å². The Morgan fingerprint density at radius 1 is 1.41 bits per heavy atom. The second-order valence-corrected chi connectivity index (χ2v) is 4.40. The molecule has 0 saturated carbocycles. The molecule has 4 nitrogen and oxygen atoms in total. The molecule has 1 aromatic carbocycles. The molecule has 1 unspecified atom stereocenters. The van der Waals surface area contributed by atoms with Gasteiger partial charge in [0.15, 0.2) is 0 Å². The SMILES string of the molecule is Cc1ccc(N(C)C(=O)NC2CCOC2)cc1. The van der Waals surface area contributed by atoms with Gasteiger partial charge in [-0.05, 0) is 25.5 Å². The van der Waals surface area contributed by atoms with Crippen molar-refractivity contribution in [3.63, 3.8) is 0 Å². The maximum absolute atomic E-state index is 11.9. The number of hydrogen-bond acceptors (Lipinski definition) is 2. The van der Waals surface area contributed by atoms with Crippen molar-refractivity contribution in [1.82, 2.24) is 5.32 Å². The Hall–Kier alpha value is -1.55. The van der Waals surface area contributed by atoms with Gasteiger partial charge >= 0.3 is 6.03 Å². The van der Waals surface area contributed by atoms with Gasteiger partial charge in [-0.25, -0.2) is 4.79 Å². The van der Waals surface area contributed by atoms with Crippen molar-refractivity contribution in [3.05, 3.63) is 29.8 Å². The van der Waals surface area contributed by atoms with Crippen LogP contribution in [0.4, 0.5) is 10.5 Å². The fourth-order valence-corrected chi connectivity index (χ4v) is 1.81. The second-order valence-electron chi connectivity index (χ2n) is 4.40. The maximum Gasteiger partial charge on any atom is 0.321 e. The van der Waals surface area contributed by atoms with E-state index < -0.39 is 0 Å². The van der Waals surface area contributed by atoms with Crippen LogP contribution in [-0.4, -0.2) is 32.3 Å². The zero-order valence-corrected chi connectivity index (χ0v) is 10.3. The summed E-state index contributed by atoms with van der Waals surface area (Å²) in [6.45, 7) is 3.38. The molecular weight excluding hydrogens is 216 g/mol. The Bertz CT molecular complexity index is 383. The lowest BCUT2D eigenvalue weighted by Gasteiger charge is -2.20. The van der Waals surface area contributed by atoms with Crippen LogP contribution in [-0.2, 0) is 4.74 Å². The first-order valence-electron chi connectivity index (χ1n) is 5.85. The monoisotopic (exact) mass is 234 g/mol. The molecule has 1 fully saturated rings. The first-order valence-corrected chi connectivity index (χ1v) is 5.85. The van der Waals surface area contributed by atoms with E-state index in [1.165, 1.54) is 5.56 Å². The summed E-state index contributed by atoms with van der Waals surface area (Å²) in [5, 5.41) is 2.95. The van der Waals surface area contributed by atoms with Gasteiger partial charge in [-0.15, -0.1) is 0 Å². The Labute approximate surface area is 102 Å². The number of amides is 2. The summed E-state index contributed by atoms with van der Waals surface area (Å²) in [5.74, 6) is 0. The third-order valence-electron chi connectivity index (χ3n) is 2.98. The van der Waals surface area contributed by atoms with Crippen LogP contribution in [0.3, 0.4) is 0 Å². The molecule has 1 saturated heterocycles. The summed E-state index contributed by atoms with van der Waals surface area (Å²) >= 11 is 0. The van der Waals surface area contributed by atoms with Crippen LogP contribution < -0.4 is 10.2 Å². The molecule has 4 heteroatoms. The van der Waals surface area contributed by atoms with E-state index in [0.717, 1.165) is 18.7 Å². The minimum atomic E-state index is -0.0793. The molecule has 0 aliphatic carbocycles. The minimum Gasteiger partial charge on any atom is -0.379 e. The van der Waals surface area contributed by atoms with E-state index in [2.05, 4.69) is 5.32 Å². The number of urea groups is 1. The van der Waals surface area contributed by atoms with Gasteiger partial charge < -0.3 is 10.1 Å². The van der Waals surface area contributed by atoms with Gasteiger partial charge in [0.05, 0.1) is 12.6 Å². The largest absolute Gasteiger partial charge is 0.379 e. The van der Waals surface area contributed by atoms with Crippen molar-refractivity contribution >= 4 is 11.7 Å². The highest BCUT2D eigenvalue weighted by Crippen LogP contribution is 2.14. The Morgan fingerprint density at radius 3 is 2.71 bits per heavy atom. The highest BCUT2D eigenvalue weighted by Gasteiger charge is 2.20. The standard InChI is InChI=1S/C13H18N2O2/c1-10-3-5-12(6-4-10)15(2)13(16)14-11-7-8-17-9-11/h3-6,11H,7-9H2,1-2H3,(H,14,16). The fourth-order valence-electron chi connectivity index (χ4n) is 1.81. The van der Waals surface area contributed by atoms with Crippen LogP contribution >= 0.6 is 0 Å². The van der Waals surface area contributed by atoms with E-state index in [4.69, 9.17) is 4.74 Å². The third-order valence-corrected chi connectivity index (χ3v) is 2.98. The predicted molar refractivity (Wildman–Crippen MR) is 67.3 cm³/mol. The average Bonchev–Trinajstić information content (AvgIpc) is 2.82. The molecule has 1 aliphatic rings. The van der Waals surface area contributed by atoms with Crippen molar-refractivity contribution in [1.29, 1.82) is 0 Å². The van der Waals surface area contributed by atoms with E-state index in [1.54, 1.807) is 11.9 Å². The Morgan fingerprint density at radius 2 is 2.12 bits per heavy atom. The van der Waals surface area contributed by atoms with Crippen molar-refractivity contribution in [2.24, 2.45) is 0 Å². The van der Waals surface area contributed by atoms with Crippen molar-refractivity contribution in [2.45, 2.75) is 19.4 Å². The van der Waals surface area contributed by atoms with Crippen LogP contribution in [0.2, 0.25) is 0 Å². The van der Waals surface area contributed by atoms with Crippen LogP contribution in [0.15, 0.2) is 24.3 Å². The molecule has 0 spiro atoms. The maximum atomic E-state index is 11.9. The van der Waals surface area contributed by atoms with Crippen LogP contribution in [0.25, 0.3) is 0 Å². The fraction of sp³-hybridized carbons (Fsp3) is 0.462. The van der Waals surface area contributed by atoms with Gasteiger partial charge in [-0.3, -0.25) is 4.90 Å². The highest BCUT2D eigenvalue weighted by atomic mass is 16.5. The lowest BCUT2D eigenvalue weighted by atomic mass is 10.2. The van der Waals surface area contributed by atoms with Gasteiger partial charge in [-0.1, -0.05) is 17.7 Å². The molecule has 2 rings (SSSR count). The first kappa shape index (κ1) is 11.9. The molecule has 92 valence electrons. The van der Waals surface area contributed by atoms with Crippen molar-refractivity contribution in [3.8, 4) is 0 Å². The number of carbonyl (C=O) groups is 1. The Kier molecular flexibility index (Phi) is 3.64. The normalized spacial score (nSPS) is 19.1. The minimum absolute atomic E-state index is 0.0793. The van der Waals surface area contributed by atoms with E-state index in [-0.39, 0.29) is 12.1 Å². The number of nitrogens with one attached hydrogen (secondary N) is 1. The van der Waals surface area contributed by atoms with Gasteiger partial charge in [0.2, 0.25) is 0 Å². The third kappa shape index (κ3) is 2.97. The van der Waals surface area contributed by atoms with Gasteiger partial charge in [0, 0.05) is 19.3 Å². The smallest absolute Gasteiger partial charge is 0.321 e. The summed E-state index contributed by atoms with van der Waals surface area (Å²) in [4.78, 5) is 13.6. The van der Waals surface area contributed by atoms with E-state index in [0.29, 0.717) is 6.61 Å². The number of benzene rings is 1. The number of hydrogen-bond donors (Lipinski definition) is 1. The molecule has 1 aromatic rings. The van der Waals surface area contributed by atoms with E-state index in [9.17, 15) is 4.79 Å². The zero-order chi connectivity index (χ0) is 12.3. The molecule has 1 atom stereocenters. The lowest BCUT2D eigenvalue weighted by molar-refractivity contribution is 0.189. The number of nitrogens with zero attached hydrogens (tertiary/aromatic N) is 1. The number of ether oxygens (including phenoxy) is 1. The summed E-state index contributed by atoms with van der Waals surface area (Å²) in [6, 6.07) is 7.95. The molecule has 0 radical (unpaired) electrons. The first-order chi connectivity index (χ1) is 8.16. The molecule has 0 bridgehead atoms. The quantitative estimate of drug-likeness (QED) is 0.849. The van der Waals surface area contributed by atoms with Crippen LogP contribution in [0.5, 0.6) is 0 Å². The van der Waals surface area contributed by atoms with Crippen LogP contribution in [0, 0.1) is 6.92 Å². The van der Waals surface area contributed by atoms with E-state index in [1.807, 2.05) is 31.2 Å². The molecule has 1 aliphatic heterocycles. The number of carbonyl (C=O) groups excluding carboxylic acids is 1. The van der Waals surface area contributed by atoms with Crippen molar-refractivity contribution in [2.75, 3.05) is 25.2 Å². The van der Waals surface area contributed by atoms with Gasteiger partial charge in [-0.2, -0.15) is 0 Å². The van der Waals surface area contributed by atoms with Crippen molar-refractivity contribution < 1.29 is 9.53 Å². The number of anilines is 1. The predicted octanol–water partition coefficient (Wildman–Crippen LogP) is 1.93. The summed E-state index contributed by atoms with van der Waals surface area (Å²) < 4.78 is 5.23.